The fourth-order valence-electron chi connectivity index (χ4n) is 3.95. The second kappa shape index (κ2) is 7.31. The molecule has 2 amide bonds. The van der Waals surface area contributed by atoms with Crippen molar-refractivity contribution in [3.8, 4) is 0 Å². The summed E-state index contributed by atoms with van der Waals surface area (Å²) in [6.07, 6.45) is 0.727. The molecule has 6 heteroatoms. The van der Waals surface area contributed by atoms with E-state index >= 15 is 0 Å². The van der Waals surface area contributed by atoms with Crippen molar-refractivity contribution in [1.82, 2.24) is 9.88 Å². The number of likely N-dealkylation sites (tertiary alicyclic amines) is 1. The maximum Gasteiger partial charge on any atom is 0.407 e. The molecule has 4 rings (SSSR count). The molecule has 0 bridgehead atoms. The molecule has 28 heavy (non-hydrogen) atoms. The summed E-state index contributed by atoms with van der Waals surface area (Å²) in [6.45, 7) is 2.43. The van der Waals surface area contributed by atoms with E-state index in [0.29, 0.717) is 12.2 Å². The van der Waals surface area contributed by atoms with Crippen LogP contribution in [0.15, 0.2) is 60.8 Å². The van der Waals surface area contributed by atoms with Crippen LogP contribution < -0.4 is 5.32 Å². The summed E-state index contributed by atoms with van der Waals surface area (Å²) in [4.78, 5) is 30.3. The monoisotopic (exact) mass is 375 g/mol. The third-order valence-electron chi connectivity index (χ3n) is 5.42. The molecule has 1 aromatic heterocycles. The lowest BCUT2D eigenvalue weighted by Crippen LogP contribution is -2.30. The highest BCUT2D eigenvalue weighted by Gasteiger charge is 2.40. The first-order chi connectivity index (χ1) is 13.5. The average molecular weight is 375 g/mol. The zero-order chi connectivity index (χ0) is 19.7. The van der Waals surface area contributed by atoms with Crippen molar-refractivity contribution in [3.63, 3.8) is 0 Å². The Morgan fingerprint density at radius 1 is 1.04 bits per heavy atom. The Kier molecular flexibility index (Phi) is 4.69. The SMILES string of the molecule is Cc1nccc2c(NC(=O)C3CN(C(=O)O)CC3c3ccccc3)cccc12. The highest BCUT2D eigenvalue weighted by molar-refractivity contribution is 6.03. The zero-order valence-corrected chi connectivity index (χ0v) is 15.5. The van der Waals surface area contributed by atoms with Crippen LogP contribution >= 0.6 is 0 Å². The minimum absolute atomic E-state index is 0.167. The molecule has 1 fully saturated rings. The van der Waals surface area contributed by atoms with Gasteiger partial charge in [0.25, 0.3) is 0 Å². The normalized spacial score (nSPS) is 19.0. The number of carbonyl (C=O) groups is 2. The molecule has 0 aliphatic carbocycles. The Hall–Kier alpha value is -3.41. The number of nitrogens with zero attached hydrogens (tertiary/aromatic N) is 2. The van der Waals surface area contributed by atoms with Gasteiger partial charge in [-0.3, -0.25) is 9.78 Å². The first-order valence-corrected chi connectivity index (χ1v) is 9.22. The van der Waals surface area contributed by atoms with Crippen molar-refractivity contribution < 1.29 is 14.7 Å². The number of anilines is 1. The van der Waals surface area contributed by atoms with Crippen LogP contribution in [-0.2, 0) is 4.79 Å². The number of fused-ring (bicyclic) bond motifs is 1. The molecule has 1 saturated heterocycles. The van der Waals surface area contributed by atoms with Crippen molar-refractivity contribution >= 4 is 28.5 Å². The Labute approximate surface area is 162 Å². The lowest BCUT2D eigenvalue weighted by Gasteiger charge is -2.19. The molecule has 1 aliphatic heterocycles. The van der Waals surface area contributed by atoms with E-state index in [1.807, 2.05) is 61.5 Å². The number of amides is 2. The maximum atomic E-state index is 13.1. The number of hydrogen-bond donors (Lipinski definition) is 2. The zero-order valence-electron chi connectivity index (χ0n) is 15.5. The van der Waals surface area contributed by atoms with Crippen molar-refractivity contribution in [2.75, 3.05) is 18.4 Å². The summed E-state index contributed by atoms with van der Waals surface area (Å²) in [6, 6.07) is 17.2. The van der Waals surface area contributed by atoms with Crippen molar-refractivity contribution in [2.24, 2.45) is 5.92 Å². The van der Waals surface area contributed by atoms with Gasteiger partial charge in [0, 0.05) is 47.4 Å². The maximum absolute atomic E-state index is 13.1. The molecule has 2 unspecified atom stereocenters. The lowest BCUT2D eigenvalue weighted by molar-refractivity contribution is -0.119. The van der Waals surface area contributed by atoms with E-state index in [1.54, 1.807) is 6.20 Å². The Morgan fingerprint density at radius 2 is 1.82 bits per heavy atom. The second-order valence-electron chi connectivity index (χ2n) is 7.10. The second-order valence-corrected chi connectivity index (χ2v) is 7.10. The van der Waals surface area contributed by atoms with E-state index in [0.717, 1.165) is 22.0 Å². The van der Waals surface area contributed by atoms with E-state index in [4.69, 9.17) is 0 Å². The summed E-state index contributed by atoms with van der Waals surface area (Å²) in [5.41, 5.74) is 2.59. The molecule has 2 aromatic carbocycles. The van der Waals surface area contributed by atoms with Gasteiger partial charge in [-0.1, -0.05) is 42.5 Å². The van der Waals surface area contributed by atoms with Gasteiger partial charge in [0.15, 0.2) is 0 Å². The summed E-state index contributed by atoms with van der Waals surface area (Å²) >= 11 is 0. The van der Waals surface area contributed by atoms with Crippen LogP contribution in [-0.4, -0.2) is 40.1 Å². The van der Waals surface area contributed by atoms with E-state index < -0.39 is 12.0 Å². The van der Waals surface area contributed by atoms with E-state index in [9.17, 15) is 14.7 Å². The summed E-state index contributed by atoms with van der Waals surface area (Å²) in [5.74, 6) is -0.785. The molecule has 142 valence electrons. The third-order valence-corrected chi connectivity index (χ3v) is 5.42. The van der Waals surface area contributed by atoms with Gasteiger partial charge in [0.1, 0.15) is 0 Å². The van der Waals surface area contributed by atoms with Gasteiger partial charge in [-0.15, -0.1) is 0 Å². The lowest BCUT2D eigenvalue weighted by atomic mass is 9.88. The van der Waals surface area contributed by atoms with Crippen LogP contribution in [0, 0.1) is 12.8 Å². The van der Waals surface area contributed by atoms with Gasteiger partial charge in [-0.05, 0) is 24.6 Å². The number of carboxylic acid groups (broad SMARTS) is 1. The minimum Gasteiger partial charge on any atom is -0.465 e. The smallest absolute Gasteiger partial charge is 0.407 e. The van der Waals surface area contributed by atoms with E-state index in [2.05, 4.69) is 10.3 Å². The van der Waals surface area contributed by atoms with Gasteiger partial charge in [-0.2, -0.15) is 0 Å². The van der Waals surface area contributed by atoms with E-state index in [1.165, 1.54) is 4.90 Å². The molecule has 2 heterocycles. The number of aryl methyl sites for hydroxylation is 1. The minimum atomic E-state index is -0.997. The number of hydrogen-bond acceptors (Lipinski definition) is 3. The largest absolute Gasteiger partial charge is 0.465 e. The van der Waals surface area contributed by atoms with Crippen LogP contribution in [0.1, 0.15) is 17.2 Å². The predicted octanol–water partition coefficient (Wildman–Crippen LogP) is 3.88. The highest BCUT2D eigenvalue weighted by atomic mass is 16.4. The molecule has 6 nitrogen and oxygen atoms in total. The Morgan fingerprint density at radius 3 is 2.57 bits per heavy atom. The molecular formula is C22H21N3O3. The molecule has 0 saturated carbocycles. The molecule has 2 N–H and O–H groups in total. The van der Waals surface area contributed by atoms with Crippen LogP contribution in [0.25, 0.3) is 10.8 Å². The van der Waals surface area contributed by atoms with Gasteiger partial charge in [0.2, 0.25) is 5.91 Å². The number of carbonyl (C=O) groups excluding carboxylic acids is 1. The number of nitrogens with one attached hydrogen (secondary N) is 1. The van der Waals surface area contributed by atoms with Crippen LogP contribution in [0.5, 0.6) is 0 Å². The Balaban J connectivity index is 1.65. The quantitative estimate of drug-likeness (QED) is 0.728. The first kappa shape index (κ1) is 18.0. The van der Waals surface area contributed by atoms with Crippen molar-refractivity contribution in [3.05, 3.63) is 72.1 Å². The standard InChI is InChI=1S/C22H21N3O3/c1-14-16-8-5-9-20(17(16)10-11-23-14)24-21(26)19-13-25(22(27)28)12-18(19)15-6-3-2-4-7-15/h2-11,18-19H,12-13H2,1H3,(H,24,26)(H,27,28). The fraction of sp³-hybridized carbons (Fsp3) is 0.227. The van der Waals surface area contributed by atoms with Gasteiger partial charge in [0.05, 0.1) is 5.92 Å². The van der Waals surface area contributed by atoms with Gasteiger partial charge in [-0.25, -0.2) is 4.79 Å². The number of benzene rings is 2. The number of rotatable bonds is 3. The van der Waals surface area contributed by atoms with Gasteiger partial charge < -0.3 is 15.3 Å². The van der Waals surface area contributed by atoms with Gasteiger partial charge >= 0.3 is 6.09 Å². The summed E-state index contributed by atoms with van der Waals surface area (Å²) in [5, 5.41) is 14.4. The molecule has 0 radical (unpaired) electrons. The first-order valence-electron chi connectivity index (χ1n) is 9.22. The molecular weight excluding hydrogens is 354 g/mol. The van der Waals surface area contributed by atoms with Crippen LogP contribution in [0.4, 0.5) is 10.5 Å². The van der Waals surface area contributed by atoms with Crippen LogP contribution in [0.2, 0.25) is 0 Å². The van der Waals surface area contributed by atoms with Crippen LogP contribution in [0.3, 0.4) is 0 Å². The molecule has 0 spiro atoms. The highest BCUT2D eigenvalue weighted by Crippen LogP contribution is 2.34. The molecule has 2 atom stereocenters. The number of pyridine rings is 1. The predicted molar refractivity (Wildman–Crippen MR) is 107 cm³/mol. The van der Waals surface area contributed by atoms with Crippen molar-refractivity contribution in [1.29, 1.82) is 0 Å². The molecule has 3 aromatic rings. The third kappa shape index (κ3) is 3.29. The topological polar surface area (TPSA) is 82.5 Å². The molecule has 1 aliphatic rings. The average Bonchev–Trinajstić information content (AvgIpc) is 3.15. The van der Waals surface area contributed by atoms with Crippen molar-refractivity contribution in [2.45, 2.75) is 12.8 Å². The summed E-state index contributed by atoms with van der Waals surface area (Å²) < 4.78 is 0. The fourth-order valence-corrected chi connectivity index (χ4v) is 3.95. The summed E-state index contributed by atoms with van der Waals surface area (Å²) in [7, 11) is 0. The Bertz CT molecular complexity index is 1040. The number of aromatic nitrogens is 1. The van der Waals surface area contributed by atoms with E-state index in [-0.39, 0.29) is 18.4 Å².